The summed E-state index contributed by atoms with van der Waals surface area (Å²) in [6, 6.07) is 0. The molecule has 0 atom stereocenters. The van der Waals surface area contributed by atoms with Gasteiger partial charge in [-0.3, -0.25) is 4.79 Å². The number of unbranched alkanes of at least 4 members (excludes halogenated alkanes) is 1. The summed E-state index contributed by atoms with van der Waals surface area (Å²) in [6.07, 6.45) is 9.96. The first-order valence-corrected chi connectivity index (χ1v) is 8.49. The molecule has 0 spiro atoms. The average molecular weight is 312 g/mol. The van der Waals surface area contributed by atoms with Crippen molar-refractivity contribution in [3.63, 3.8) is 0 Å². The second-order valence-electron chi connectivity index (χ2n) is 6.17. The Labute approximate surface area is 131 Å². The van der Waals surface area contributed by atoms with Crippen molar-refractivity contribution in [1.29, 1.82) is 0 Å². The Morgan fingerprint density at radius 3 is 2.71 bits per heavy atom. The Morgan fingerprint density at radius 1 is 1.38 bits per heavy atom. The van der Waals surface area contributed by atoms with Crippen molar-refractivity contribution in [3.05, 3.63) is 21.6 Å². The number of halogens is 1. The lowest BCUT2D eigenvalue weighted by atomic mass is 9.83. The second kappa shape index (κ2) is 7.30. The van der Waals surface area contributed by atoms with Crippen LogP contribution in [0.3, 0.4) is 0 Å². The second-order valence-corrected chi connectivity index (χ2v) is 6.55. The number of anilines is 1. The fourth-order valence-electron chi connectivity index (χ4n) is 3.12. The van der Waals surface area contributed by atoms with Gasteiger partial charge in [-0.1, -0.05) is 44.7 Å². The molecule has 5 heteroatoms. The molecule has 1 aliphatic carbocycles. The van der Waals surface area contributed by atoms with Gasteiger partial charge in [0.15, 0.2) is 0 Å². The van der Waals surface area contributed by atoms with Crippen LogP contribution in [-0.4, -0.2) is 16.3 Å². The number of nitrogens with zero attached hydrogens (tertiary/aromatic N) is 2. The Hall–Kier alpha value is -1.03. The quantitative estimate of drug-likeness (QED) is 0.825. The lowest BCUT2D eigenvalue weighted by Gasteiger charge is -2.28. The predicted molar refractivity (Wildman–Crippen MR) is 88.1 cm³/mol. The summed E-state index contributed by atoms with van der Waals surface area (Å²) in [4.78, 5) is 12.2. The van der Waals surface area contributed by atoms with E-state index in [4.69, 9.17) is 11.6 Å². The molecule has 0 unspecified atom stereocenters. The van der Waals surface area contributed by atoms with Gasteiger partial charge in [-0.05, 0) is 31.1 Å². The lowest BCUT2D eigenvalue weighted by molar-refractivity contribution is 0.306. The topological polar surface area (TPSA) is 46.9 Å². The maximum atomic E-state index is 12.2. The summed E-state index contributed by atoms with van der Waals surface area (Å²) in [5, 5.41) is 7.86. The SMILES string of the molecule is CCCCn1ncc(NCC2(CC)CCCC2)c(Cl)c1=O. The van der Waals surface area contributed by atoms with Gasteiger partial charge in [0.1, 0.15) is 5.02 Å². The van der Waals surface area contributed by atoms with E-state index in [0.29, 0.717) is 17.6 Å². The van der Waals surface area contributed by atoms with Crippen LogP contribution >= 0.6 is 11.6 Å². The van der Waals surface area contributed by atoms with Gasteiger partial charge < -0.3 is 5.32 Å². The minimum atomic E-state index is -0.188. The molecular weight excluding hydrogens is 286 g/mol. The van der Waals surface area contributed by atoms with Crippen LogP contribution in [0.1, 0.15) is 58.8 Å². The van der Waals surface area contributed by atoms with Crippen LogP contribution in [0, 0.1) is 5.41 Å². The molecule has 0 aliphatic heterocycles. The molecule has 1 N–H and O–H groups in total. The first-order valence-electron chi connectivity index (χ1n) is 8.11. The van der Waals surface area contributed by atoms with Crippen LogP contribution in [0.4, 0.5) is 5.69 Å². The van der Waals surface area contributed by atoms with Crippen molar-refractivity contribution in [2.75, 3.05) is 11.9 Å². The van der Waals surface area contributed by atoms with Gasteiger partial charge >= 0.3 is 0 Å². The lowest BCUT2D eigenvalue weighted by Crippen LogP contribution is -2.28. The fraction of sp³-hybridized carbons (Fsp3) is 0.750. The Kier molecular flexibility index (Phi) is 5.68. The summed E-state index contributed by atoms with van der Waals surface area (Å²) in [7, 11) is 0. The molecule has 1 aromatic heterocycles. The first-order chi connectivity index (χ1) is 10.1. The highest BCUT2D eigenvalue weighted by atomic mass is 35.5. The normalized spacial score (nSPS) is 17.1. The molecular formula is C16H26ClN3O. The van der Waals surface area contributed by atoms with Crippen LogP contribution in [0.25, 0.3) is 0 Å². The van der Waals surface area contributed by atoms with Gasteiger partial charge in [-0.2, -0.15) is 5.10 Å². The van der Waals surface area contributed by atoms with Crippen molar-refractivity contribution in [3.8, 4) is 0 Å². The number of aromatic nitrogens is 2. The summed E-state index contributed by atoms with van der Waals surface area (Å²) in [6.45, 7) is 5.85. The van der Waals surface area contributed by atoms with E-state index in [-0.39, 0.29) is 10.6 Å². The van der Waals surface area contributed by atoms with Crippen LogP contribution in [0.5, 0.6) is 0 Å². The average Bonchev–Trinajstić information content (AvgIpc) is 2.97. The van der Waals surface area contributed by atoms with Crippen LogP contribution in [-0.2, 0) is 6.54 Å². The standard InChI is InChI=1S/C16H26ClN3O/c1-3-5-10-20-15(21)14(17)13(11-19-20)18-12-16(4-2)8-6-7-9-16/h11,18H,3-10,12H2,1-2H3. The molecule has 1 aliphatic rings. The molecule has 1 heterocycles. The van der Waals surface area contributed by atoms with E-state index in [1.54, 1.807) is 6.20 Å². The third kappa shape index (κ3) is 3.79. The minimum absolute atomic E-state index is 0.188. The predicted octanol–water partition coefficient (Wildman–Crippen LogP) is 4.08. The first kappa shape index (κ1) is 16.3. The largest absolute Gasteiger partial charge is 0.382 e. The molecule has 1 aromatic rings. The third-order valence-corrected chi connectivity index (χ3v) is 5.14. The van der Waals surface area contributed by atoms with E-state index in [9.17, 15) is 4.79 Å². The molecule has 1 saturated carbocycles. The number of hydrogen-bond donors (Lipinski definition) is 1. The van der Waals surface area contributed by atoms with E-state index in [0.717, 1.165) is 19.4 Å². The molecule has 0 saturated heterocycles. The third-order valence-electron chi connectivity index (χ3n) is 4.78. The summed E-state index contributed by atoms with van der Waals surface area (Å²) in [5.74, 6) is 0. The Morgan fingerprint density at radius 2 is 2.10 bits per heavy atom. The van der Waals surface area contributed by atoms with Crippen LogP contribution in [0.15, 0.2) is 11.0 Å². The molecule has 1 fully saturated rings. The van der Waals surface area contributed by atoms with Gasteiger partial charge in [0.25, 0.3) is 5.56 Å². The van der Waals surface area contributed by atoms with Gasteiger partial charge in [0, 0.05) is 13.1 Å². The molecule has 0 radical (unpaired) electrons. The van der Waals surface area contributed by atoms with Gasteiger partial charge in [-0.15, -0.1) is 0 Å². The maximum Gasteiger partial charge on any atom is 0.287 e. The van der Waals surface area contributed by atoms with E-state index < -0.39 is 0 Å². The fourth-order valence-corrected chi connectivity index (χ4v) is 3.33. The Bertz CT molecular complexity index is 521. The molecule has 118 valence electrons. The summed E-state index contributed by atoms with van der Waals surface area (Å²) < 4.78 is 1.46. The summed E-state index contributed by atoms with van der Waals surface area (Å²) >= 11 is 6.22. The van der Waals surface area contributed by atoms with Gasteiger partial charge in [0.05, 0.1) is 11.9 Å². The zero-order valence-corrected chi connectivity index (χ0v) is 13.9. The highest BCUT2D eigenvalue weighted by Gasteiger charge is 2.31. The summed E-state index contributed by atoms with van der Waals surface area (Å²) in [5.41, 5.74) is 0.849. The van der Waals surface area contributed by atoms with Crippen molar-refractivity contribution in [1.82, 2.24) is 9.78 Å². The minimum Gasteiger partial charge on any atom is -0.382 e. The van der Waals surface area contributed by atoms with Crippen molar-refractivity contribution >= 4 is 17.3 Å². The monoisotopic (exact) mass is 311 g/mol. The van der Waals surface area contributed by atoms with Gasteiger partial charge in [-0.25, -0.2) is 4.68 Å². The van der Waals surface area contributed by atoms with Crippen LogP contribution in [0.2, 0.25) is 5.02 Å². The van der Waals surface area contributed by atoms with E-state index in [1.165, 1.54) is 36.8 Å². The van der Waals surface area contributed by atoms with Crippen molar-refractivity contribution in [2.24, 2.45) is 5.41 Å². The zero-order valence-electron chi connectivity index (χ0n) is 13.1. The maximum absolute atomic E-state index is 12.2. The van der Waals surface area contributed by atoms with Crippen molar-refractivity contribution < 1.29 is 0 Å². The van der Waals surface area contributed by atoms with E-state index >= 15 is 0 Å². The number of aryl methyl sites for hydroxylation is 1. The van der Waals surface area contributed by atoms with Crippen LogP contribution < -0.4 is 10.9 Å². The Balaban J connectivity index is 2.07. The highest BCUT2D eigenvalue weighted by molar-refractivity contribution is 6.32. The molecule has 0 amide bonds. The van der Waals surface area contributed by atoms with E-state index in [2.05, 4.69) is 24.3 Å². The number of hydrogen-bond acceptors (Lipinski definition) is 3. The highest BCUT2D eigenvalue weighted by Crippen LogP contribution is 2.41. The van der Waals surface area contributed by atoms with Crippen molar-refractivity contribution in [2.45, 2.75) is 65.3 Å². The van der Waals surface area contributed by atoms with Gasteiger partial charge in [0.2, 0.25) is 0 Å². The molecule has 4 nitrogen and oxygen atoms in total. The molecule has 21 heavy (non-hydrogen) atoms. The number of rotatable bonds is 7. The smallest absolute Gasteiger partial charge is 0.287 e. The zero-order chi connectivity index (χ0) is 15.3. The molecule has 2 rings (SSSR count). The van der Waals surface area contributed by atoms with E-state index in [1.807, 2.05) is 0 Å². The molecule has 0 aromatic carbocycles. The molecule has 0 bridgehead atoms. The number of nitrogens with one attached hydrogen (secondary N) is 1.